The van der Waals surface area contributed by atoms with E-state index in [1.54, 1.807) is 47.0 Å². The molecule has 33 heavy (non-hydrogen) atoms. The Balaban J connectivity index is 1.61. The Morgan fingerprint density at radius 2 is 2.00 bits per heavy atom. The van der Waals surface area contributed by atoms with Crippen LogP contribution in [0.2, 0.25) is 5.02 Å². The predicted molar refractivity (Wildman–Crippen MR) is 125 cm³/mol. The minimum atomic E-state index is -0.284. The van der Waals surface area contributed by atoms with Gasteiger partial charge in [-0.2, -0.15) is 0 Å². The maximum absolute atomic E-state index is 13.0. The lowest BCUT2D eigenvalue weighted by molar-refractivity contribution is -0.0171. The third kappa shape index (κ3) is 3.65. The molecule has 0 aliphatic carbocycles. The first-order valence-corrected chi connectivity index (χ1v) is 10.7. The molecule has 0 fully saturated rings. The molecule has 0 unspecified atom stereocenters. The van der Waals surface area contributed by atoms with Gasteiger partial charge in [-0.25, -0.2) is 0 Å². The number of aromatic hydroxyl groups is 1. The van der Waals surface area contributed by atoms with Crippen LogP contribution in [0.4, 0.5) is 5.69 Å². The summed E-state index contributed by atoms with van der Waals surface area (Å²) in [4.78, 5) is 24.6. The molecule has 2 heterocycles. The van der Waals surface area contributed by atoms with Crippen molar-refractivity contribution < 1.29 is 19.4 Å². The number of ether oxygens (including phenoxy) is 2. The van der Waals surface area contributed by atoms with E-state index in [4.69, 9.17) is 21.1 Å². The highest BCUT2D eigenvalue weighted by Gasteiger charge is 2.23. The molecule has 0 saturated heterocycles. The van der Waals surface area contributed by atoms with Crippen molar-refractivity contribution in [3.05, 3.63) is 92.3 Å². The van der Waals surface area contributed by atoms with Crippen LogP contribution in [0.5, 0.6) is 11.6 Å². The molecule has 4 aromatic rings. The molecule has 1 aromatic heterocycles. The molecule has 5 rings (SSSR count). The van der Waals surface area contributed by atoms with Crippen molar-refractivity contribution in [2.75, 3.05) is 6.79 Å². The number of carbonyl (C=O) groups is 1. The van der Waals surface area contributed by atoms with E-state index in [9.17, 15) is 14.8 Å². The van der Waals surface area contributed by atoms with Gasteiger partial charge in [-0.15, -0.1) is 4.91 Å². The number of nitroso groups, excluding NO2 is 1. The molecule has 3 aromatic carbocycles. The van der Waals surface area contributed by atoms with Crippen LogP contribution in [0.15, 0.2) is 59.8 Å². The first-order chi connectivity index (χ1) is 16.0. The summed E-state index contributed by atoms with van der Waals surface area (Å²) in [6, 6.07) is 15.6. The van der Waals surface area contributed by atoms with Gasteiger partial charge in [0.15, 0.2) is 18.3 Å². The number of rotatable bonds is 5. The number of halogens is 1. The fourth-order valence-corrected chi connectivity index (χ4v) is 4.50. The monoisotopic (exact) mass is 462 g/mol. The van der Waals surface area contributed by atoms with Crippen LogP contribution in [0.25, 0.3) is 10.9 Å². The molecule has 0 amide bonds. The molecule has 1 N–H and O–H groups in total. The highest BCUT2D eigenvalue weighted by molar-refractivity contribution is 6.35. The average Bonchev–Trinajstić information content (AvgIpc) is 3.08. The number of nitrogens with zero attached hydrogens (tertiary/aromatic N) is 2. The SMILES string of the molecule is Cc1cc2c(c(Cn3c(O)c(N=O)c4cc(C(=O)c5ccccc5Cl)ccc43)c1)OCOC2. The highest BCUT2D eigenvalue weighted by Crippen LogP contribution is 2.41. The number of fused-ring (bicyclic) bond motifs is 2. The normalized spacial score (nSPS) is 12.9. The number of carbonyl (C=O) groups excluding carboxylic acids is 1. The van der Waals surface area contributed by atoms with Gasteiger partial charge >= 0.3 is 0 Å². The quantitative estimate of drug-likeness (QED) is 0.296. The molecular weight excluding hydrogens is 444 g/mol. The van der Waals surface area contributed by atoms with E-state index < -0.39 is 0 Å². The number of ketones is 1. The van der Waals surface area contributed by atoms with Gasteiger partial charge < -0.3 is 19.1 Å². The largest absolute Gasteiger partial charge is 0.493 e. The van der Waals surface area contributed by atoms with E-state index in [-0.39, 0.29) is 30.7 Å². The van der Waals surface area contributed by atoms with Gasteiger partial charge in [0.1, 0.15) is 5.75 Å². The Hall–Kier alpha value is -3.68. The van der Waals surface area contributed by atoms with Crippen LogP contribution >= 0.6 is 11.6 Å². The van der Waals surface area contributed by atoms with E-state index in [1.807, 2.05) is 19.1 Å². The van der Waals surface area contributed by atoms with Crippen LogP contribution in [0.1, 0.15) is 32.6 Å². The number of hydrogen-bond donors (Lipinski definition) is 1. The van der Waals surface area contributed by atoms with Crippen molar-refractivity contribution in [3.63, 3.8) is 0 Å². The number of hydrogen-bond acceptors (Lipinski definition) is 6. The zero-order valence-corrected chi connectivity index (χ0v) is 18.4. The van der Waals surface area contributed by atoms with Crippen molar-refractivity contribution in [2.24, 2.45) is 5.18 Å². The van der Waals surface area contributed by atoms with Crippen LogP contribution in [-0.4, -0.2) is 22.2 Å². The molecule has 8 heteroatoms. The Morgan fingerprint density at radius 3 is 2.79 bits per heavy atom. The molecular formula is C25H19ClN2O5. The van der Waals surface area contributed by atoms with Gasteiger partial charge in [0.05, 0.1) is 23.7 Å². The molecule has 166 valence electrons. The Bertz CT molecular complexity index is 1430. The van der Waals surface area contributed by atoms with Crippen molar-refractivity contribution >= 4 is 34.0 Å². The molecule has 0 spiro atoms. The van der Waals surface area contributed by atoms with Gasteiger partial charge in [-0.05, 0) is 42.4 Å². The maximum atomic E-state index is 13.0. The first kappa shape index (κ1) is 21.2. The lowest BCUT2D eigenvalue weighted by Crippen LogP contribution is -2.14. The van der Waals surface area contributed by atoms with Gasteiger partial charge in [0.2, 0.25) is 5.88 Å². The van der Waals surface area contributed by atoms with Gasteiger partial charge in [0.25, 0.3) is 0 Å². The van der Waals surface area contributed by atoms with Crippen LogP contribution in [0, 0.1) is 11.8 Å². The zero-order valence-electron chi connectivity index (χ0n) is 17.7. The number of benzene rings is 3. The fourth-order valence-electron chi connectivity index (χ4n) is 4.28. The van der Waals surface area contributed by atoms with Gasteiger partial charge in [-0.1, -0.05) is 41.4 Å². The van der Waals surface area contributed by atoms with E-state index in [0.717, 1.165) is 16.7 Å². The van der Waals surface area contributed by atoms with Gasteiger partial charge in [-0.3, -0.25) is 4.79 Å². The number of aromatic nitrogens is 1. The van der Waals surface area contributed by atoms with Crippen molar-refractivity contribution in [3.8, 4) is 11.6 Å². The fraction of sp³-hybridized carbons (Fsp3) is 0.160. The summed E-state index contributed by atoms with van der Waals surface area (Å²) in [7, 11) is 0. The van der Waals surface area contributed by atoms with Crippen LogP contribution in [0.3, 0.4) is 0 Å². The summed E-state index contributed by atoms with van der Waals surface area (Å²) < 4.78 is 12.7. The summed E-state index contributed by atoms with van der Waals surface area (Å²) in [6.07, 6.45) is 0. The molecule has 0 bridgehead atoms. The standard InChI is InChI=1S/C25H19ClN2O5/c1-14-8-16(24-17(9-14)12-32-13-33-24)11-28-21-7-6-15(10-19(21)22(27-31)25(28)30)23(29)18-4-2-3-5-20(18)26/h2-10,30H,11-13H2,1H3. The van der Waals surface area contributed by atoms with Crippen LogP contribution < -0.4 is 4.74 Å². The molecule has 1 aliphatic rings. The lowest BCUT2D eigenvalue weighted by Gasteiger charge is -2.22. The van der Waals surface area contributed by atoms with E-state index in [0.29, 0.717) is 39.4 Å². The van der Waals surface area contributed by atoms with Crippen molar-refractivity contribution in [1.82, 2.24) is 4.57 Å². The first-order valence-electron chi connectivity index (χ1n) is 10.3. The second kappa shape index (κ2) is 8.35. The summed E-state index contributed by atoms with van der Waals surface area (Å²) in [5, 5.41) is 14.6. The Kier molecular flexibility index (Phi) is 5.36. The average molecular weight is 463 g/mol. The highest BCUT2D eigenvalue weighted by atomic mass is 35.5. The molecule has 0 atom stereocenters. The lowest BCUT2D eigenvalue weighted by atomic mass is 10.0. The molecule has 1 aliphatic heterocycles. The molecule has 0 saturated carbocycles. The third-order valence-corrected chi connectivity index (χ3v) is 6.07. The second-order valence-corrected chi connectivity index (χ2v) is 8.32. The summed E-state index contributed by atoms with van der Waals surface area (Å²) in [5.41, 5.74) is 3.93. The summed E-state index contributed by atoms with van der Waals surface area (Å²) in [5.74, 6) is 0.150. The zero-order chi connectivity index (χ0) is 23.1. The second-order valence-electron chi connectivity index (χ2n) is 7.91. The Labute approximate surface area is 194 Å². The van der Waals surface area contributed by atoms with Crippen LogP contribution in [-0.2, 0) is 17.9 Å². The minimum absolute atomic E-state index is 0.121. The smallest absolute Gasteiger partial charge is 0.222 e. The van der Waals surface area contributed by atoms with Gasteiger partial charge in [0, 0.05) is 27.6 Å². The van der Waals surface area contributed by atoms with E-state index in [1.165, 1.54) is 0 Å². The minimum Gasteiger partial charge on any atom is -0.493 e. The Morgan fingerprint density at radius 1 is 1.18 bits per heavy atom. The maximum Gasteiger partial charge on any atom is 0.222 e. The molecule has 7 nitrogen and oxygen atoms in total. The van der Waals surface area contributed by atoms with E-state index in [2.05, 4.69) is 5.18 Å². The van der Waals surface area contributed by atoms with Crippen molar-refractivity contribution in [2.45, 2.75) is 20.1 Å². The third-order valence-electron chi connectivity index (χ3n) is 5.74. The topological polar surface area (TPSA) is 90.1 Å². The summed E-state index contributed by atoms with van der Waals surface area (Å²) in [6.45, 7) is 2.81. The number of aryl methyl sites for hydroxylation is 1. The predicted octanol–water partition coefficient (Wildman–Crippen LogP) is 5.85. The van der Waals surface area contributed by atoms with Crippen molar-refractivity contribution in [1.29, 1.82) is 0 Å². The van der Waals surface area contributed by atoms with E-state index >= 15 is 0 Å². The molecule has 0 radical (unpaired) electrons. The summed E-state index contributed by atoms with van der Waals surface area (Å²) >= 11 is 6.18.